The molecule has 18 heavy (non-hydrogen) atoms. The van der Waals surface area contributed by atoms with Crippen molar-refractivity contribution in [2.75, 3.05) is 20.3 Å². The number of rotatable bonds is 7. The van der Waals surface area contributed by atoms with Crippen LogP contribution in [0, 0.1) is 5.82 Å². The summed E-state index contributed by atoms with van der Waals surface area (Å²) in [5, 5.41) is 0. The zero-order chi connectivity index (χ0) is 13.6. The Morgan fingerprint density at radius 3 is 2.39 bits per heavy atom. The summed E-state index contributed by atoms with van der Waals surface area (Å²) in [6.45, 7) is -4.58. The van der Waals surface area contributed by atoms with Crippen molar-refractivity contribution < 1.29 is 26.8 Å². The molecule has 0 fully saturated rings. The Kier molecular flexibility index (Phi) is 5.46. The summed E-state index contributed by atoms with van der Waals surface area (Å²) in [7, 11) is 1.54. The van der Waals surface area contributed by atoms with Crippen molar-refractivity contribution in [2.24, 2.45) is 0 Å². The van der Waals surface area contributed by atoms with E-state index in [1.807, 2.05) is 0 Å². The average Bonchev–Trinajstić information content (AvgIpc) is 2.27. The minimum atomic E-state index is -5.20. The van der Waals surface area contributed by atoms with E-state index in [0.717, 1.165) is 12.1 Å². The van der Waals surface area contributed by atoms with Crippen molar-refractivity contribution >= 4 is 12.4 Å². The first-order chi connectivity index (χ1) is 8.45. The van der Waals surface area contributed by atoms with Crippen LogP contribution in [0.1, 0.15) is 12.8 Å². The van der Waals surface area contributed by atoms with Gasteiger partial charge in [-0.2, -0.15) is 0 Å². The van der Waals surface area contributed by atoms with Gasteiger partial charge in [-0.05, 0) is 18.9 Å². The van der Waals surface area contributed by atoms with Crippen LogP contribution in [0.25, 0.3) is 0 Å². The molecule has 1 rings (SSSR count). The highest BCUT2D eigenvalue weighted by Gasteiger charge is 2.29. The average molecular weight is 265 g/mol. The van der Waals surface area contributed by atoms with Crippen molar-refractivity contribution in [2.45, 2.75) is 12.8 Å². The van der Waals surface area contributed by atoms with Crippen LogP contribution in [0.3, 0.4) is 0 Å². The summed E-state index contributed by atoms with van der Waals surface area (Å²) < 4.78 is 60.6. The summed E-state index contributed by atoms with van der Waals surface area (Å²) in [4.78, 5) is 0. The molecule has 0 aliphatic rings. The predicted molar refractivity (Wildman–Crippen MR) is 61.7 cm³/mol. The van der Waals surface area contributed by atoms with Crippen LogP contribution < -0.4 is 10.2 Å². The van der Waals surface area contributed by atoms with Crippen LogP contribution in [-0.4, -0.2) is 27.3 Å². The first-order valence-corrected chi connectivity index (χ1v) is 5.56. The molecule has 0 aliphatic carbocycles. The number of halogens is 4. The molecule has 2 nitrogen and oxygen atoms in total. The maximum atomic E-state index is 12.9. The summed E-state index contributed by atoms with van der Waals surface area (Å²) in [6, 6.07) is 2.25. The van der Waals surface area contributed by atoms with E-state index >= 15 is 0 Å². The van der Waals surface area contributed by atoms with Gasteiger partial charge in [0.2, 0.25) is 0 Å². The fourth-order valence-corrected chi connectivity index (χ4v) is 1.43. The topological polar surface area (TPSA) is 18.5 Å². The quantitative estimate of drug-likeness (QED) is 0.428. The van der Waals surface area contributed by atoms with Crippen LogP contribution in [0.5, 0.6) is 5.75 Å². The van der Waals surface area contributed by atoms with Gasteiger partial charge in [-0.3, -0.25) is 0 Å². The van der Waals surface area contributed by atoms with Gasteiger partial charge < -0.3 is 22.4 Å². The smallest absolute Gasteiger partial charge is 0.496 e. The maximum Gasteiger partial charge on any atom is 0.513 e. The number of methoxy groups -OCH3 is 1. The molecule has 0 aromatic heterocycles. The first-order valence-electron chi connectivity index (χ1n) is 5.56. The monoisotopic (exact) mass is 265 g/mol. The third-order valence-electron chi connectivity index (χ3n) is 2.33. The molecule has 102 valence electrons. The fraction of sp³-hybridized carbons (Fsp3) is 0.455. The first kappa shape index (κ1) is 14.8. The second-order valence-corrected chi connectivity index (χ2v) is 3.81. The van der Waals surface area contributed by atoms with Crippen molar-refractivity contribution in [1.82, 2.24) is 0 Å². The highest BCUT2D eigenvalue weighted by Crippen LogP contribution is 2.19. The Balaban J connectivity index is 2.65. The van der Waals surface area contributed by atoms with E-state index in [1.165, 1.54) is 7.11 Å². The third kappa shape index (κ3) is 4.56. The Morgan fingerprint density at radius 2 is 1.78 bits per heavy atom. The zero-order valence-corrected chi connectivity index (χ0v) is 9.97. The molecule has 0 unspecified atom stereocenters. The fourth-order valence-electron chi connectivity index (χ4n) is 1.43. The molecule has 0 amide bonds. The molecule has 0 spiro atoms. The molecule has 0 bridgehead atoms. The molecular formula is C11H14BF4O2-. The van der Waals surface area contributed by atoms with E-state index in [4.69, 9.17) is 9.47 Å². The van der Waals surface area contributed by atoms with Crippen LogP contribution in [0.4, 0.5) is 17.3 Å². The second-order valence-electron chi connectivity index (χ2n) is 3.81. The van der Waals surface area contributed by atoms with E-state index in [-0.39, 0.29) is 6.61 Å². The Hall–Kier alpha value is -1.24. The van der Waals surface area contributed by atoms with Gasteiger partial charge >= 0.3 is 6.98 Å². The van der Waals surface area contributed by atoms with Gasteiger partial charge in [0.05, 0.1) is 12.4 Å². The van der Waals surface area contributed by atoms with E-state index in [9.17, 15) is 17.3 Å². The molecule has 0 N–H and O–H groups in total. The standard InChI is InChI=1S/C11H14BF4O2/c1-17-6-2-3-7-18-11-8-9(13)4-5-10(11)12(14,15)16/h4-5,8H,2-3,6-7H2,1H3/q-1. The second kappa shape index (κ2) is 6.63. The minimum absolute atomic E-state index is 0.103. The van der Waals surface area contributed by atoms with Crippen molar-refractivity contribution in [3.63, 3.8) is 0 Å². The van der Waals surface area contributed by atoms with Crippen molar-refractivity contribution in [3.05, 3.63) is 24.0 Å². The predicted octanol–water partition coefficient (Wildman–Crippen LogP) is 2.69. The van der Waals surface area contributed by atoms with Gasteiger partial charge in [0.25, 0.3) is 0 Å². The number of benzene rings is 1. The summed E-state index contributed by atoms with van der Waals surface area (Å²) in [5.74, 6) is -1.19. The van der Waals surface area contributed by atoms with Crippen LogP contribution in [0.15, 0.2) is 18.2 Å². The lowest BCUT2D eigenvalue weighted by Gasteiger charge is -2.19. The van der Waals surface area contributed by atoms with Crippen LogP contribution in [0.2, 0.25) is 0 Å². The van der Waals surface area contributed by atoms with Gasteiger partial charge in [0.15, 0.2) is 0 Å². The van der Waals surface area contributed by atoms with E-state index < -0.39 is 24.0 Å². The van der Waals surface area contributed by atoms with Crippen LogP contribution in [-0.2, 0) is 4.74 Å². The third-order valence-corrected chi connectivity index (χ3v) is 2.33. The molecule has 0 aliphatic heterocycles. The SMILES string of the molecule is COCCCCOc1cc(F)ccc1[B-](F)(F)F. The highest BCUT2D eigenvalue weighted by molar-refractivity contribution is 6.74. The van der Waals surface area contributed by atoms with Gasteiger partial charge in [-0.15, -0.1) is 0 Å². The molecule has 1 aromatic carbocycles. The molecule has 1 aromatic rings. The van der Waals surface area contributed by atoms with Crippen molar-refractivity contribution in [3.8, 4) is 5.75 Å². The number of hydrogen-bond donors (Lipinski definition) is 0. The largest absolute Gasteiger partial charge is 0.513 e. The number of hydrogen-bond acceptors (Lipinski definition) is 2. The molecule has 0 radical (unpaired) electrons. The minimum Gasteiger partial charge on any atom is -0.496 e. The summed E-state index contributed by atoms with van der Waals surface area (Å²) in [5.41, 5.74) is -0.900. The molecular weight excluding hydrogens is 251 g/mol. The molecule has 0 saturated carbocycles. The van der Waals surface area contributed by atoms with Gasteiger partial charge in [-0.25, -0.2) is 4.39 Å². The number of unbranched alkanes of at least 4 members (excludes halogenated alkanes) is 1. The van der Waals surface area contributed by atoms with Gasteiger partial charge in [0, 0.05) is 19.8 Å². The normalized spacial score (nSPS) is 11.6. The van der Waals surface area contributed by atoms with Crippen LogP contribution >= 0.6 is 0 Å². The maximum absolute atomic E-state index is 12.9. The lowest BCUT2D eigenvalue weighted by molar-refractivity contribution is 0.184. The summed E-state index contributed by atoms with van der Waals surface area (Å²) >= 11 is 0. The van der Waals surface area contributed by atoms with E-state index in [1.54, 1.807) is 0 Å². The Morgan fingerprint density at radius 1 is 1.11 bits per heavy atom. The number of ether oxygens (including phenoxy) is 2. The Labute approximate surface area is 103 Å². The van der Waals surface area contributed by atoms with E-state index in [2.05, 4.69) is 0 Å². The molecule has 0 atom stereocenters. The molecule has 7 heteroatoms. The lowest BCUT2D eigenvalue weighted by atomic mass is 9.79. The zero-order valence-electron chi connectivity index (χ0n) is 9.97. The Bertz CT molecular complexity index is 382. The molecule has 0 heterocycles. The van der Waals surface area contributed by atoms with E-state index in [0.29, 0.717) is 25.5 Å². The van der Waals surface area contributed by atoms with Gasteiger partial charge in [0.1, 0.15) is 5.82 Å². The van der Waals surface area contributed by atoms with Crippen molar-refractivity contribution in [1.29, 1.82) is 0 Å². The van der Waals surface area contributed by atoms with Gasteiger partial charge in [-0.1, -0.05) is 11.5 Å². The highest BCUT2D eigenvalue weighted by atomic mass is 19.4. The lowest BCUT2D eigenvalue weighted by Crippen LogP contribution is -2.35. The molecule has 0 saturated heterocycles. The summed E-state index contributed by atoms with van der Waals surface area (Å²) in [6.07, 6.45) is 1.23.